The first kappa shape index (κ1) is 11.2. The number of hydrogen-bond donors (Lipinski definition) is 1. The highest BCUT2D eigenvalue weighted by Crippen LogP contribution is 2.46. The van der Waals surface area contributed by atoms with Gasteiger partial charge in [-0.2, -0.15) is 11.3 Å². The molecule has 1 heterocycles. The molecule has 0 aromatic carbocycles. The lowest BCUT2D eigenvalue weighted by Crippen LogP contribution is -2.36. The van der Waals surface area contributed by atoms with Crippen LogP contribution in [0.4, 0.5) is 0 Å². The molecular formula is C13H21NS. The minimum Gasteiger partial charge on any atom is -0.324 e. The van der Waals surface area contributed by atoms with Gasteiger partial charge in [-0.1, -0.05) is 26.7 Å². The Bertz CT molecular complexity index is 302. The lowest BCUT2D eigenvalue weighted by molar-refractivity contribution is 0.113. The van der Waals surface area contributed by atoms with Crippen LogP contribution >= 0.6 is 11.3 Å². The van der Waals surface area contributed by atoms with E-state index < -0.39 is 0 Å². The molecular weight excluding hydrogens is 202 g/mol. The number of rotatable bonds is 2. The van der Waals surface area contributed by atoms with Crippen molar-refractivity contribution in [1.29, 1.82) is 0 Å². The summed E-state index contributed by atoms with van der Waals surface area (Å²) >= 11 is 1.75. The van der Waals surface area contributed by atoms with Gasteiger partial charge in [0.2, 0.25) is 0 Å². The molecule has 1 aliphatic carbocycles. The number of hydrogen-bond acceptors (Lipinski definition) is 2. The Kier molecular flexibility index (Phi) is 3.17. The highest BCUT2D eigenvalue weighted by molar-refractivity contribution is 7.07. The second kappa shape index (κ2) is 4.26. The summed E-state index contributed by atoms with van der Waals surface area (Å²) in [5, 5.41) is 4.33. The van der Waals surface area contributed by atoms with E-state index in [1.807, 2.05) is 0 Å². The van der Waals surface area contributed by atoms with E-state index >= 15 is 0 Å². The van der Waals surface area contributed by atoms with Crippen molar-refractivity contribution in [3.05, 3.63) is 22.4 Å². The van der Waals surface area contributed by atoms with Gasteiger partial charge in [-0.3, -0.25) is 0 Å². The van der Waals surface area contributed by atoms with Gasteiger partial charge >= 0.3 is 0 Å². The second-order valence-electron chi connectivity index (χ2n) is 5.42. The molecule has 1 fully saturated rings. The second-order valence-corrected chi connectivity index (χ2v) is 6.20. The van der Waals surface area contributed by atoms with E-state index in [4.69, 9.17) is 5.73 Å². The van der Waals surface area contributed by atoms with Gasteiger partial charge in [-0.15, -0.1) is 0 Å². The van der Waals surface area contributed by atoms with Gasteiger partial charge in [0, 0.05) is 6.04 Å². The van der Waals surface area contributed by atoms with Crippen LogP contribution in [0.2, 0.25) is 0 Å². The van der Waals surface area contributed by atoms with Crippen LogP contribution in [0.25, 0.3) is 0 Å². The van der Waals surface area contributed by atoms with Crippen molar-refractivity contribution < 1.29 is 0 Å². The van der Waals surface area contributed by atoms with Gasteiger partial charge in [0.25, 0.3) is 0 Å². The molecule has 1 aromatic rings. The lowest BCUT2D eigenvalue weighted by Gasteiger charge is -2.42. The maximum atomic E-state index is 6.40. The largest absolute Gasteiger partial charge is 0.324 e. The van der Waals surface area contributed by atoms with E-state index in [0.29, 0.717) is 11.3 Å². The van der Waals surface area contributed by atoms with Crippen LogP contribution in [-0.2, 0) is 0 Å². The van der Waals surface area contributed by atoms with E-state index in [1.165, 1.54) is 31.2 Å². The van der Waals surface area contributed by atoms with Crippen LogP contribution < -0.4 is 5.73 Å². The summed E-state index contributed by atoms with van der Waals surface area (Å²) < 4.78 is 0. The average molecular weight is 223 g/mol. The normalized spacial score (nSPS) is 27.5. The fourth-order valence-electron chi connectivity index (χ4n) is 2.88. The minimum absolute atomic E-state index is 0.242. The van der Waals surface area contributed by atoms with Crippen molar-refractivity contribution in [2.75, 3.05) is 0 Å². The predicted octanol–water partition coefficient (Wildman–Crippen LogP) is 3.96. The average Bonchev–Trinajstić information content (AvgIpc) is 2.69. The van der Waals surface area contributed by atoms with Crippen molar-refractivity contribution in [1.82, 2.24) is 0 Å². The lowest BCUT2D eigenvalue weighted by atomic mass is 9.65. The topological polar surface area (TPSA) is 26.0 Å². The summed E-state index contributed by atoms with van der Waals surface area (Å²) in [4.78, 5) is 0. The summed E-state index contributed by atoms with van der Waals surface area (Å²) in [6.07, 6.45) is 5.35. The molecule has 2 heteroatoms. The van der Waals surface area contributed by atoms with Crippen molar-refractivity contribution in [3.63, 3.8) is 0 Å². The molecule has 1 aliphatic rings. The monoisotopic (exact) mass is 223 g/mol. The molecule has 2 atom stereocenters. The fourth-order valence-corrected chi connectivity index (χ4v) is 3.59. The molecule has 1 aromatic heterocycles. The first-order chi connectivity index (χ1) is 7.11. The molecule has 0 saturated heterocycles. The molecule has 0 spiro atoms. The SMILES string of the molecule is CC1(C)CCCCC1C(N)c1ccsc1. The molecule has 1 saturated carbocycles. The van der Waals surface area contributed by atoms with Crippen LogP contribution in [0.5, 0.6) is 0 Å². The zero-order valence-corrected chi connectivity index (χ0v) is 10.5. The predicted molar refractivity (Wildman–Crippen MR) is 67.0 cm³/mol. The first-order valence-electron chi connectivity index (χ1n) is 5.89. The minimum atomic E-state index is 0.242. The molecule has 2 unspecified atom stereocenters. The van der Waals surface area contributed by atoms with Crippen LogP contribution in [0, 0.1) is 11.3 Å². The Morgan fingerprint density at radius 1 is 1.47 bits per heavy atom. The van der Waals surface area contributed by atoms with Gasteiger partial charge in [0.15, 0.2) is 0 Å². The number of nitrogens with two attached hydrogens (primary N) is 1. The van der Waals surface area contributed by atoms with Crippen LogP contribution in [-0.4, -0.2) is 0 Å². The standard InChI is InChI=1S/C13H21NS/c1-13(2)7-4-3-5-11(13)12(14)10-6-8-15-9-10/h6,8-9,11-12H,3-5,7,14H2,1-2H3. The molecule has 84 valence electrons. The summed E-state index contributed by atoms with van der Waals surface area (Å²) in [7, 11) is 0. The van der Waals surface area contributed by atoms with Crippen molar-refractivity contribution in [3.8, 4) is 0 Å². The maximum absolute atomic E-state index is 6.40. The fraction of sp³-hybridized carbons (Fsp3) is 0.692. The molecule has 1 nitrogen and oxygen atoms in total. The van der Waals surface area contributed by atoms with Gasteiger partial charge in [0.05, 0.1) is 0 Å². The summed E-state index contributed by atoms with van der Waals surface area (Å²) in [5.74, 6) is 0.654. The van der Waals surface area contributed by atoms with Gasteiger partial charge in [0.1, 0.15) is 0 Å². The van der Waals surface area contributed by atoms with Gasteiger partial charge in [-0.25, -0.2) is 0 Å². The zero-order chi connectivity index (χ0) is 10.9. The van der Waals surface area contributed by atoms with Crippen molar-refractivity contribution in [2.24, 2.45) is 17.1 Å². The third-order valence-electron chi connectivity index (χ3n) is 3.95. The van der Waals surface area contributed by atoms with E-state index in [9.17, 15) is 0 Å². The molecule has 0 amide bonds. The smallest absolute Gasteiger partial charge is 0.0336 e. The molecule has 0 radical (unpaired) electrons. The van der Waals surface area contributed by atoms with E-state index in [-0.39, 0.29) is 6.04 Å². The Balaban J connectivity index is 2.15. The third kappa shape index (κ3) is 2.26. The molecule has 0 bridgehead atoms. The summed E-state index contributed by atoms with van der Waals surface area (Å²) in [6, 6.07) is 2.42. The van der Waals surface area contributed by atoms with E-state index in [0.717, 1.165) is 0 Å². The highest BCUT2D eigenvalue weighted by atomic mass is 32.1. The quantitative estimate of drug-likeness (QED) is 0.806. The Morgan fingerprint density at radius 2 is 2.27 bits per heavy atom. The highest BCUT2D eigenvalue weighted by Gasteiger charge is 2.36. The summed E-state index contributed by atoms with van der Waals surface area (Å²) in [6.45, 7) is 4.76. The van der Waals surface area contributed by atoms with Crippen molar-refractivity contribution in [2.45, 2.75) is 45.6 Å². The van der Waals surface area contributed by atoms with E-state index in [1.54, 1.807) is 11.3 Å². The van der Waals surface area contributed by atoms with E-state index in [2.05, 4.69) is 30.7 Å². The van der Waals surface area contributed by atoms with Crippen LogP contribution in [0.3, 0.4) is 0 Å². The third-order valence-corrected chi connectivity index (χ3v) is 4.65. The molecule has 2 rings (SSSR count). The Hall–Kier alpha value is -0.340. The van der Waals surface area contributed by atoms with Crippen molar-refractivity contribution >= 4 is 11.3 Å². The molecule has 15 heavy (non-hydrogen) atoms. The number of thiophene rings is 1. The zero-order valence-electron chi connectivity index (χ0n) is 9.70. The molecule has 2 N–H and O–H groups in total. The Labute approximate surface area is 96.7 Å². The first-order valence-corrected chi connectivity index (χ1v) is 6.83. The summed E-state index contributed by atoms with van der Waals surface area (Å²) in [5.41, 5.74) is 8.15. The Morgan fingerprint density at radius 3 is 2.87 bits per heavy atom. The van der Waals surface area contributed by atoms with Crippen LogP contribution in [0.15, 0.2) is 16.8 Å². The molecule has 0 aliphatic heterocycles. The van der Waals surface area contributed by atoms with Gasteiger partial charge < -0.3 is 5.73 Å². The van der Waals surface area contributed by atoms with Gasteiger partial charge in [-0.05, 0) is 46.6 Å². The maximum Gasteiger partial charge on any atom is 0.0336 e. The van der Waals surface area contributed by atoms with Crippen LogP contribution in [0.1, 0.15) is 51.1 Å².